The molecule has 3 heterocycles. The molecular formula is C13H12ClN3O4. The molecule has 7 nitrogen and oxygen atoms in total. The van der Waals surface area contributed by atoms with Gasteiger partial charge in [0.05, 0.1) is 18.8 Å². The highest BCUT2D eigenvalue weighted by molar-refractivity contribution is 6.32. The maximum atomic E-state index is 12.0. The number of nitrogens with one attached hydrogen (secondary N) is 1. The molecule has 1 saturated heterocycles. The van der Waals surface area contributed by atoms with E-state index >= 15 is 0 Å². The number of rotatable bonds is 4. The third kappa shape index (κ3) is 3.32. The fraction of sp³-hybridized carbons (Fsp3) is 0.308. The largest absolute Gasteiger partial charge is 0.471 e. The lowest BCUT2D eigenvalue weighted by molar-refractivity contribution is 0.102. The van der Waals surface area contributed by atoms with Crippen LogP contribution in [0.25, 0.3) is 0 Å². The monoisotopic (exact) mass is 309 g/mol. The van der Waals surface area contributed by atoms with Crippen LogP contribution in [0.1, 0.15) is 16.8 Å². The van der Waals surface area contributed by atoms with Crippen LogP contribution in [0.2, 0.25) is 5.02 Å². The molecule has 2 aromatic heterocycles. The van der Waals surface area contributed by atoms with Crippen molar-refractivity contribution in [3.8, 4) is 5.88 Å². The van der Waals surface area contributed by atoms with Crippen LogP contribution in [0.3, 0.4) is 0 Å². The van der Waals surface area contributed by atoms with Gasteiger partial charge < -0.3 is 19.3 Å². The Bertz CT molecular complexity index is 626. The molecule has 1 fully saturated rings. The van der Waals surface area contributed by atoms with E-state index in [-0.39, 0.29) is 17.0 Å². The first kappa shape index (κ1) is 13.8. The molecule has 0 aromatic carbocycles. The lowest BCUT2D eigenvalue weighted by atomic mass is 10.2. The number of anilines is 1. The molecule has 0 radical (unpaired) electrons. The van der Waals surface area contributed by atoms with E-state index in [9.17, 15) is 4.79 Å². The normalized spacial score (nSPS) is 17.7. The van der Waals surface area contributed by atoms with Gasteiger partial charge in [-0.05, 0) is 6.07 Å². The lowest BCUT2D eigenvalue weighted by Crippen LogP contribution is -2.17. The lowest BCUT2D eigenvalue weighted by Gasteiger charge is -2.12. The van der Waals surface area contributed by atoms with Gasteiger partial charge in [-0.3, -0.25) is 4.79 Å². The predicted octanol–water partition coefficient (Wildman–Crippen LogP) is 2.14. The van der Waals surface area contributed by atoms with Gasteiger partial charge in [-0.25, -0.2) is 4.98 Å². The summed E-state index contributed by atoms with van der Waals surface area (Å²) in [5.41, 5.74) is 0.304. The van der Waals surface area contributed by atoms with Gasteiger partial charge in [0.25, 0.3) is 5.91 Å². The Balaban J connectivity index is 1.69. The number of hydrogen-bond acceptors (Lipinski definition) is 6. The van der Waals surface area contributed by atoms with Crippen LogP contribution < -0.4 is 10.1 Å². The number of aromatic nitrogens is 2. The van der Waals surface area contributed by atoms with E-state index in [1.54, 1.807) is 0 Å². The van der Waals surface area contributed by atoms with Crippen molar-refractivity contribution in [1.82, 2.24) is 10.1 Å². The summed E-state index contributed by atoms with van der Waals surface area (Å²) >= 11 is 6.09. The van der Waals surface area contributed by atoms with Gasteiger partial charge in [0.15, 0.2) is 5.82 Å². The van der Waals surface area contributed by atoms with Crippen LogP contribution >= 0.6 is 11.6 Å². The zero-order valence-corrected chi connectivity index (χ0v) is 11.7. The number of carbonyl (C=O) groups is 1. The van der Waals surface area contributed by atoms with Crippen LogP contribution in [-0.2, 0) is 4.74 Å². The minimum absolute atomic E-state index is 0.0511. The Morgan fingerprint density at radius 3 is 3.10 bits per heavy atom. The average Bonchev–Trinajstić information content (AvgIpc) is 3.14. The SMILES string of the molecule is O=C(Nc1ccon1)c1cnc(O[C@@H]2CCOC2)c(Cl)c1. The predicted molar refractivity (Wildman–Crippen MR) is 73.6 cm³/mol. The number of carbonyl (C=O) groups excluding carboxylic acids is 1. The van der Waals surface area contributed by atoms with E-state index in [0.717, 1.165) is 6.42 Å². The summed E-state index contributed by atoms with van der Waals surface area (Å²) in [6.45, 7) is 1.19. The Labute approximate surface area is 125 Å². The van der Waals surface area contributed by atoms with Gasteiger partial charge in [0, 0.05) is 18.7 Å². The molecule has 110 valence electrons. The number of halogens is 1. The Kier molecular flexibility index (Phi) is 4.03. The first-order chi connectivity index (χ1) is 10.2. The Hall–Kier alpha value is -2.12. The Morgan fingerprint density at radius 2 is 2.43 bits per heavy atom. The van der Waals surface area contributed by atoms with Crippen LogP contribution in [-0.4, -0.2) is 35.4 Å². The van der Waals surface area contributed by atoms with Gasteiger partial charge in [0.2, 0.25) is 5.88 Å². The van der Waals surface area contributed by atoms with Gasteiger partial charge in [-0.15, -0.1) is 0 Å². The van der Waals surface area contributed by atoms with Gasteiger partial charge in [-0.1, -0.05) is 16.8 Å². The highest BCUT2D eigenvalue weighted by atomic mass is 35.5. The van der Waals surface area contributed by atoms with Crippen molar-refractivity contribution in [2.45, 2.75) is 12.5 Å². The maximum Gasteiger partial charge on any atom is 0.258 e. The summed E-state index contributed by atoms with van der Waals surface area (Å²) in [4.78, 5) is 16.0. The average molecular weight is 310 g/mol. The molecule has 21 heavy (non-hydrogen) atoms. The summed E-state index contributed by atoms with van der Waals surface area (Å²) in [6, 6.07) is 3.03. The zero-order valence-electron chi connectivity index (χ0n) is 10.9. The molecule has 2 aromatic rings. The molecule has 0 aliphatic carbocycles. The zero-order chi connectivity index (χ0) is 14.7. The quantitative estimate of drug-likeness (QED) is 0.931. The van der Waals surface area contributed by atoms with Crippen LogP contribution in [0.15, 0.2) is 29.1 Å². The third-order valence-corrected chi connectivity index (χ3v) is 3.19. The van der Waals surface area contributed by atoms with Crippen LogP contribution in [0.4, 0.5) is 5.82 Å². The molecule has 1 aliphatic heterocycles. The highest BCUT2D eigenvalue weighted by Gasteiger charge is 2.20. The van der Waals surface area contributed by atoms with E-state index in [0.29, 0.717) is 30.5 Å². The summed E-state index contributed by atoms with van der Waals surface area (Å²) in [6.07, 6.45) is 3.50. The van der Waals surface area contributed by atoms with Gasteiger partial charge >= 0.3 is 0 Å². The highest BCUT2D eigenvalue weighted by Crippen LogP contribution is 2.25. The standard InChI is InChI=1S/C13H12ClN3O4/c14-10-5-8(12(18)16-11-2-4-20-17-11)6-15-13(10)21-9-1-3-19-7-9/h2,4-6,9H,1,3,7H2,(H,16,17,18)/t9-/m1/s1. The number of ether oxygens (including phenoxy) is 2. The molecule has 1 N–H and O–H groups in total. The molecule has 1 atom stereocenters. The Morgan fingerprint density at radius 1 is 1.52 bits per heavy atom. The first-order valence-corrected chi connectivity index (χ1v) is 6.72. The van der Waals surface area contributed by atoms with Crippen molar-refractivity contribution in [1.29, 1.82) is 0 Å². The molecule has 0 saturated carbocycles. The second-order valence-corrected chi connectivity index (χ2v) is 4.86. The molecule has 0 spiro atoms. The second kappa shape index (κ2) is 6.11. The molecule has 0 bridgehead atoms. The summed E-state index contributed by atoms with van der Waals surface area (Å²) in [5.74, 6) is 0.235. The number of hydrogen-bond donors (Lipinski definition) is 1. The van der Waals surface area contributed by atoms with Crippen molar-refractivity contribution in [3.05, 3.63) is 35.2 Å². The van der Waals surface area contributed by atoms with Crippen molar-refractivity contribution in [3.63, 3.8) is 0 Å². The number of nitrogens with zero attached hydrogens (tertiary/aromatic N) is 2. The number of amides is 1. The van der Waals surface area contributed by atoms with Crippen LogP contribution in [0, 0.1) is 0 Å². The maximum absolute atomic E-state index is 12.0. The van der Waals surface area contributed by atoms with Crippen molar-refractivity contribution in [2.24, 2.45) is 0 Å². The third-order valence-electron chi connectivity index (χ3n) is 2.92. The van der Waals surface area contributed by atoms with E-state index < -0.39 is 0 Å². The fourth-order valence-electron chi connectivity index (χ4n) is 1.87. The first-order valence-electron chi connectivity index (χ1n) is 6.34. The van der Waals surface area contributed by atoms with E-state index in [1.807, 2.05) is 0 Å². The summed E-state index contributed by atoms with van der Waals surface area (Å²) in [7, 11) is 0. The number of pyridine rings is 1. The minimum atomic E-state index is -0.381. The minimum Gasteiger partial charge on any atom is -0.471 e. The fourth-order valence-corrected chi connectivity index (χ4v) is 2.08. The molecule has 8 heteroatoms. The van der Waals surface area contributed by atoms with Gasteiger partial charge in [-0.2, -0.15) is 0 Å². The second-order valence-electron chi connectivity index (χ2n) is 4.45. The van der Waals surface area contributed by atoms with Crippen LogP contribution in [0.5, 0.6) is 5.88 Å². The topological polar surface area (TPSA) is 86.5 Å². The molecule has 3 rings (SSSR count). The smallest absolute Gasteiger partial charge is 0.258 e. The van der Waals surface area contributed by atoms with E-state index in [2.05, 4.69) is 20.0 Å². The van der Waals surface area contributed by atoms with Crippen molar-refractivity contribution < 1.29 is 18.8 Å². The van der Waals surface area contributed by atoms with E-state index in [1.165, 1.54) is 24.6 Å². The van der Waals surface area contributed by atoms with E-state index in [4.69, 9.17) is 21.1 Å². The molecule has 0 unspecified atom stereocenters. The van der Waals surface area contributed by atoms with Gasteiger partial charge in [0.1, 0.15) is 17.4 Å². The summed E-state index contributed by atoms with van der Waals surface area (Å²) < 4.78 is 15.5. The van der Waals surface area contributed by atoms with Crippen molar-refractivity contribution in [2.75, 3.05) is 18.5 Å². The molecule has 1 aliphatic rings. The molecule has 1 amide bonds. The molecular weight excluding hydrogens is 298 g/mol. The summed E-state index contributed by atoms with van der Waals surface area (Å²) in [5, 5.41) is 6.42. The van der Waals surface area contributed by atoms with Crippen molar-refractivity contribution >= 4 is 23.3 Å².